The van der Waals surface area contributed by atoms with Gasteiger partial charge >= 0.3 is 12.3 Å². The molecule has 1 amide bonds. The molecule has 32 heavy (non-hydrogen) atoms. The van der Waals surface area contributed by atoms with E-state index in [4.69, 9.17) is 5.11 Å². The molecule has 0 bridgehead atoms. The van der Waals surface area contributed by atoms with Crippen LogP contribution in [0.2, 0.25) is 0 Å². The Morgan fingerprint density at radius 1 is 0.969 bits per heavy atom. The van der Waals surface area contributed by atoms with Crippen molar-refractivity contribution in [2.45, 2.75) is 25.6 Å². The molecule has 0 heterocycles. The lowest BCUT2D eigenvalue weighted by molar-refractivity contribution is -0.275. The summed E-state index contributed by atoms with van der Waals surface area (Å²) in [5, 5.41) is 7.93. The minimum absolute atomic E-state index is 0.0196. The lowest BCUT2D eigenvalue weighted by Gasteiger charge is -2.23. The lowest BCUT2D eigenvalue weighted by Crippen LogP contribution is -2.35. The van der Waals surface area contributed by atoms with Crippen LogP contribution in [0.5, 0.6) is 5.75 Å². The van der Waals surface area contributed by atoms with Gasteiger partial charge in [0.25, 0.3) is 5.91 Å². The molecule has 0 aromatic heterocycles. The second kappa shape index (κ2) is 8.67. The molecular weight excluding hydrogens is 451 g/mol. The van der Waals surface area contributed by atoms with E-state index < -0.39 is 75.2 Å². The zero-order valence-corrected chi connectivity index (χ0v) is 15.9. The summed E-state index contributed by atoms with van der Waals surface area (Å²) in [5.74, 6) is -14.7. The molecule has 0 radical (unpaired) electrons. The second-order valence-electron chi connectivity index (χ2n) is 7.01. The van der Waals surface area contributed by atoms with E-state index in [1.165, 1.54) is 18.2 Å². The van der Waals surface area contributed by atoms with Gasteiger partial charge in [-0.3, -0.25) is 9.59 Å². The van der Waals surface area contributed by atoms with Crippen molar-refractivity contribution in [2.75, 3.05) is 5.12 Å². The van der Waals surface area contributed by atoms with E-state index in [9.17, 15) is 40.4 Å². The summed E-state index contributed by atoms with van der Waals surface area (Å²) in [6.45, 7) is 0. The van der Waals surface area contributed by atoms with E-state index in [1.54, 1.807) is 0 Å². The van der Waals surface area contributed by atoms with Gasteiger partial charge in [0.2, 0.25) is 0 Å². The Hall–Kier alpha value is -3.31. The molecule has 5 nitrogen and oxygen atoms in total. The number of hydrogen-bond donors (Lipinski definition) is 1. The Labute approximate surface area is 175 Å². The first-order chi connectivity index (χ1) is 14.9. The molecule has 2 aromatic carbocycles. The number of hydrogen-bond acceptors (Lipinski definition) is 3. The third-order valence-electron chi connectivity index (χ3n) is 5.07. The maximum atomic E-state index is 15.0. The van der Waals surface area contributed by atoms with Crippen LogP contribution in [0.15, 0.2) is 30.3 Å². The highest BCUT2D eigenvalue weighted by Gasteiger charge is 2.44. The molecule has 172 valence electrons. The fourth-order valence-electron chi connectivity index (χ4n) is 3.68. The minimum atomic E-state index is -5.57. The highest BCUT2D eigenvalue weighted by atomic mass is 19.4. The average molecular weight is 465 g/mol. The SMILES string of the molecule is O=C(O)C1CCCC1C(=O)N(F)c1c(F)c(F)c(-c2ccccc2)c(OC(F)(F)F)c1F. The predicted octanol–water partition coefficient (Wildman–Crippen LogP) is 5.39. The third-order valence-corrected chi connectivity index (χ3v) is 5.07. The van der Waals surface area contributed by atoms with Crippen molar-refractivity contribution >= 4 is 17.6 Å². The van der Waals surface area contributed by atoms with Gasteiger partial charge in [-0.15, -0.1) is 18.3 Å². The van der Waals surface area contributed by atoms with E-state index in [-0.39, 0.29) is 19.3 Å². The summed E-state index contributed by atoms with van der Waals surface area (Å²) in [7, 11) is 0. The standard InChI is InChI=1S/C20H14F7NO4/c21-13-12(9-5-2-1-3-6-9)17(32-20(24,25)26)15(23)16(14(13)22)28(27)18(29)10-7-4-8-11(10)19(30)31/h1-3,5-6,10-11H,4,7-8H2,(H,30,31). The number of ether oxygens (including phenoxy) is 1. The first-order valence-electron chi connectivity index (χ1n) is 9.18. The molecule has 0 spiro atoms. The van der Waals surface area contributed by atoms with Crippen molar-refractivity contribution in [3.63, 3.8) is 0 Å². The Morgan fingerprint density at radius 2 is 1.56 bits per heavy atom. The number of benzene rings is 2. The molecular formula is C20H14F7NO4. The van der Waals surface area contributed by atoms with Crippen molar-refractivity contribution in [1.82, 2.24) is 0 Å². The van der Waals surface area contributed by atoms with Crippen LogP contribution in [0.1, 0.15) is 19.3 Å². The summed E-state index contributed by atoms with van der Waals surface area (Å²) in [6.07, 6.45) is -5.54. The number of amides is 1. The Balaban J connectivity index is 2.17. The molecule has 2 aromatic rings. The first kappa shape index (κ1) is 23.4. The molecule has 1 N–H and O–H groups in total. The van der Waals surface area contributed by atoms with Gasteiger partial charge in [0.1, 0.15) is 0 Å². The smallest absolute Gasteiger partial charge is 0.481 e. The molecule has 2 atom stereocenters. The highest BCUT2D eigenvalue weighted by Crippen LogP contribution is 2.45. The molecule has 0 saturated heterocycles. The van der Waals surface area contributed by atoms with Crippen LogP contribution >= 0.6 is 0 Å². The van der Waals surface area contributed by atoms with Gasteiger partial charge in [-0.1, -0.05) is 41.2 Å². The Bertz CT molecular complexity index is 1040. The second-order valence-corrected chi connectivity index (χ2v) is 7.01. The molecule has 2 unspecified atom stereocenters. The summed E-state index contributed by atoms with van der Waals surface area (Å²) >= 11 is 0. The van der Waals surface area contributed by atoms with E-state index in [2.05, 4.69) is 4.74 Å². The van der Waals surface area contributed by atoms with Crippen molar-refractivity contribution in [1.29, 1.82) is 0 Å². The number of carbonyl (C=O) groups is 2. The van der Waals surface area contributed by atoms with Gasteiger partial charge in [-0.2, -0.15) is 0 Å². The topological polar surface area (TPSA) is 66.8 Å². The number of halogens is 7. The third kappa shape index (κ3) is 4.34. The quantitative estimate of drug-likeness (QED) is 0.366. The number of rotatable bonds is 5. The largest absolute Gasteiger partial charge is 0.573 e. The Morgan fingerprint density at radius 3 is 2.12 bits per heavy atom. The van der Waals surface area contributed by atoms with E-state index in [1.807, 2.05) is 0 Å². The fraction of sp³-hybridized carbons (Fsp3) is 0.300. The van der Waals surface area contributed by atoms with Crippen molar-refractivity contribution in [3.8, 4) is 16.9 Å². The number of anilines is 1. The molecule has 12 heteroatoms. The zero-order valence-electron chi connectivity index (χ0n) is 15.9. The number of carbonyl (C=O) groups excluding carboxylic acids is 1. The van der Waals surface area contributed by atoms with E-state index >= 15 is 0 Å². The molecule has 1 saturated carbocycles. The van der Waals surface area contributed by atoms with E-state index in [0.717, 1.165) is 12.1 Å². The predicted molar refractivity (Wildman–Crippen MR) is 95.5 cm³/mol. The van der Waals surface area contributed by atoms with E-state index in [0.29, 0.717) is 0 Å². The minimum Gasteiger partial charge on any atom is -0.481 e. The van der Waals surface area contributed by atoms with Crippen LogP contribution in [0.25, 0.3) is 11.1 Å². The number of alkyl halides is 3. The number of aliphatic carboxylic acids is 1. The van der Waals surface area contributed by atoms with Gasteiger partial charge in [-0.25, -0.2) is 13.2 Å². The van der Waals surface area contributed by atoms with Crippen molar-refractivity contribution in [3.05, 3.63) is 47.8 Å². The maximum absolute atomic E-state index is 15.0. The van der Waals surface area contributed by atoms with Crippen LogP contribution in [-0.4, -0.2) is 23.3 Å². The van der Waals surface area contributed by atoms with Crippen molar-refractivity contribution < 1.29 is 50.3 Å². The van der Waals surface area contributed by atoms with Gasteiger partial charge in [0, 0.05) is 0 Å². The summed E-state index contributed by atoms with van der Waals surface area (Å²) < 4.78 is 101. The molecule has 1 aliphatic carbocycles. The summed E-state index contributed by atoms with van der Waals surface area (Å²) in [5.41, 5.74) is -3.75. The molecule has 3 rings (SSSR count). The lowest BCUT2D eigenvalue weighted by atomic mass is 9.95. The van der Waals surface area contributed by atoms with Gasteiger partial charge in [-0.05, 0) is 18.4 Å². The van der Waals surface area contributed by atoms with Crippen LogP contribution < -0.4 is 9.86 Å². The Kier molecular flexibility index (Phi) is 6.33. The first-order valence-corrected chi connectivity index (χ1v) is 9.18. The normalized spacial score (nSPS) is 18.5. The summed E-state index contributed by atoms with van der Waals surface area (Å²) in [4.78, 5) is 23.6. The number of carboxylic acids is 1. The van der Waals surface area contributed by atoms with Crippen LogP contribution in [0.4, 0.5) is 36.5 Å². The average Bonchev–Trinajstić information content (AvgIpc) is 3.21. The zero-order chi connectivity index (χ0) is 23.8. The number of carboxylic acid groups (broad SMARTS) is 1. The van der Waals surface area contributed by atoms with Gasteiger partial charge in [0.05, 0.1) is 17.4 Å². The number of nitrogens with zero attached hydrogens (tertiary/aromatic N) is 1. The molecule has 1 fully saturated rings. The fourth-order valence-corrected chi connectivity index (χ4v) is 3.68. The highest BCUT2D eigenvalue weighted by molar-refractivity contribution is 5.96. The van der Waals surface area contributed by atoms with Crippen LogP contribution in [0.3, 0.4) is 0 Å². The van der Waals surface area contributed by atoms with Gasteiger partial charge in [0.15, 0.2) is 28.9 Å². The molecule has 1 aliphatic rings. The van der Waals surface area contributed by atoms with Gasteiger partial charge < -0.3 is 9.84 Å². The maximum Gasteiger partial charge on any atom is 0.573 e. The summed E-state index contributed by atoms with van der Waals surface area (Å²) in [6, 6.07) is 5.96. The van der Waals surface area contributed by atoms with Crippen LogP contribution in [0, 0.1) is 29.3 Å². The molecule has 0 aliphatic heterocycles. The van der Waals surface area contributed by atoms with Crippen molar-refractivity contribution in [2.24, 2.45) is 11.8 Å². The monoisotopic (exact) mass is 465 g/mol. The van der Waals surface area contributed by atoms with Crippen LogP contribution in [-0.2, 0) is 9.59 Å².